The summed E-state index contributed by atoms with van der Waals surface area (Å²) in [5.74, 6) is 1.30. The second-order valence-corrected chi connectivity index (χ2v) is 5.88. The molecule has 0 fully saturated rings. The molecule has 24 heavy (non-hydrogen) atoms. The first-order chi connectivity index (χ1) is 11.6. The number of nitrogens with one attached hydrogen (secondary N) is 1. The van der Waals surface area contributed by atoms with Gasteiger partial charge in [0.2, 0.25) is 0 Å². The zero-order valence-electron chi connectivity index (χ0n) is 13.3. The molecule has 2 aromatic rings. The lowest BCUT2D eigenvalue weighted by Gasteiger charge is -2.01. The van der Waals surface area contributed by atoms with E-state index in [-0.39, 0.29) is 5.91 Å². The lowest BCUT2D eigenvalue weighted by Crippen LogP contribution is -2.24. The van der Waals surface area contributed by atoms with E-state index in [1.165, 1.54) is 0 Å². The van der Waals surface area contributed by atoms with E-state index in [0.717, 1.165) is 28.3 Å². The average Bonchev–Trinajstić information content (AvgIpc) is 2.95. The van der Waals surface area contributed by atoms with Crippen LogP contribution in [-0.2, 0) is 11.2 Å². The summed E-state index contributed by atoms with van der Waals surface area (Å²) in [7, 11) is 1.62. The molecule has 0 aliphatic carbocycles. The highest BCUT2D eigenvalue weighted by Gasteiger charge is 2.19. The van der Waals surface area contributed by atoms with Crippen LogP contribution >= 0.6 is 11.6 Å². The van der Waals surface area contributed by atoms with Crippen molar-refractivity contribution in [3.8, 4) is 5.75 Å². The summed E-state index contributed by atoms with van der Waals surface area (Å²) in [5, 5.41) is 3.54. The molecule has 1 amide bonds. The highest BCUT2D eigenvalue weighted by atomic mass is 35.5. The minimum atomic E-state index is -0.170. The van der Waals surface area contributed by atoms with Crippen LogP contribution in [0.5, 0.6) is 5.75 Å². The third-order valence-electron chi connectivity index (χ3n) is 3.73. The monoisotopic (exact) mass is 340 g/mol. The second-order valence-electron chi connectivity index (χ2n) is 5.44. The van der Waals surface area contributed by atoms with Crippen LogP contribution in [0.2, 0.25) is 5.02 Å². The van der Waals surface area contributed by atoms with Crippen molar-refractivity contribution >= 4 is 29.4 Å². The first kappa shape index (κ1) is 16.3. The molecule has 0 bridgehead atoms. The fraction of sp³-hybridized carbons (Fsp3) is 0.158. The zero-order valence-corrected chi connectivity index (χ0v) is 14.0. The molecule has 0 spiro atoms. The van der Waals surface area contributed by atoms with Gasteiger partial charge in [0, 0.05) is 11.4 Å². The first-order valence-electron chi connectivity index (χ1n) is 7.63. The minimum Gasteiger partial charge on any atom is -0.497 e. The number of hydrogen-bond donors (Lipinski definition) is 1. The summed E-state index contributed by atoms with van der Waals surface area (Å²) >= 11 is 5.88. The lowest BCUT2D eigenvalue weighted by molar-refractivity contribution is -0.115. The van der Waals surface area contributed by atoms with E-state index in [1.807, 2.05) is 48.5 Å². The SMILES string of the molecule is COc1ccc(/C=C2/N=C(CCc3ccc(Cl)cc3)NC2=O)cc1. The maximum absolute atomic E-state index is 12.0. The normalized spacial score (nSPS) is 15.3. The van der Waals surface area contributed by atoms with Gasteiger partial charge in [0.25, 0.3) is 5.91 Å². The number of nitrogens with zero attached hydrogens (tertiary/aromatic N) is 1. The van der Waals surface area contributed by atoms with Gasteiger partial charge in [-0.25, -0.2) is 4.99 Å². The Morgan fingerprint density at radius 2 is 1.79 bits per heavy atom. The van der Waals surface area contributed by atoms with Crippen LogP contribution in [0.1, 0.15) is 17.5 Å². The van der Waals surface area contributed by atoms with Crippen LogP contribution in [0.3, 0.4) is 0 Å². The smallest absolute Gasteiger partial charge is 0.275 e. The molecule has 122 valence electrons. The minimum absolute atomic E-state index is 0.170. The van der Waals surface area contributed by atoms with Crippen molar-refractivity contribution in [2.75, 3.05) is 7.11 Å². The Morgan fingerprint density at radius 3 is 2.46 bits per heavy atom. The van der Waals surface area contributed by atoms with Gasteiger partial charge in [-0.05, 0) is 47.9 Å². The molecular formula is C19H17ClN2O2. The maximum Gasteiger partial charge on any atom is 0.275 e. The van der Waals surface area contributed by atoms with Gasteiger partial charge in [-0.15, -0.1) is 0 Å². The van der Waals surface area contributed by atoms with Gasteiger partial charge in [-0.3, -0.25) is 4.79 Å². The third kappa shape index (κ3) is 4.03. The average molecular weight is 341 g/mol. The standard InChI is InChI=1S/C19H17ClN2O2/c1-24-16-9-4-14(5-10-16)12-17-19(23)22-18(21-17)11-6-13-2-7-15(20)8-3-13/h2-5,7-10,12H,6,11H2,1H3,(H,21,22,23)/b17-12+. The van der Waals surface area contributed by atoms with E-state index >= 15 is 0 Å². The molecule has 0 atom stereocenters. The molecule has 1 aliphatic rings. The Labute approximate surface area is 145 Å². The molecular weight excluding hydrogens is 324 g/mol. The Kier molecular flexibility index (Phi) is 4.96. The third-order valence-corrected chi connectivity index (χ3v) is 3.98. The topological polar surface area (TPSA) is 50.7 Å². The molecule has 0 saturated heterocycles. The Morgan fingerprint density at radius 1 is 1.08 bits per heavy atom. The molecule has 3 rings (SSSR count). The number of aliphatic imine (C=N–C) groups is 1. The second kappa shape index (κ2) is 7.32. The number of halogens is 1. The number of ether oxygens (including phenoxy) is 1. The number of amides is 1. The number of carbonyl (C=O) groups is 1. The fourth-order valence-corrected chi connectivity index (χ4v) is 2.53. The molecule has 0 aromatic heterocycles. The summed E-state index contributed by atoms with van der Waals surface area (Å²) in [5.41, 5.74) is 2.49. The highest BCUT2D eigenvalue weighted by molar-refractivity contribution is 6.30. The van der Waals surface area contributed by atoms with Crippen LogP contribution in [0.15, 0.2) is 59.2 Å². The van der Waals surface area contributed by atoms with Crippen molar-refractivity contribution in [2.24, 2.45) is 4.99 Å². The van der Waals surface area contributed by atoms with Gasteiger partial charge in [-0.1, -0.05) is 35.9 Å². The van der Waals surface area contributed by atoms with Crippen molar-refractivity contribution in [3.05, 3.63) is 70.4 Å². The van der Waals surface area contributed by atoms with E-state index < -0.39 is 0 Å². The van der Waals surface area contributed by atoms with Crippen LogP contribution < -0.4 is 10.1 Å². The van der Waals surface area contributed by atoms with Gasteiger partial charge in [0.15, 0.2) is 0 Å². The van der Waals surface area contributed by atoms with Crippen molar-refractivity contribution in [2.45, 2.75) is 12.8 Å². The van der Waals surface area contributed by atoms with Crippen molar-refractivity contribution < 1.29 is 9.53 Å². The molecule has 1 aliphatic heterocycles. The van der Waals surface area contributed by atoms with E-state index in [1.54, 1.807) is 13.2 Å². The van der Waals surface area contributed by atoms with E-state index in [9.17, 15) is 4.79 Å². The van der Waals surface area contributed by atoms with Crippen LogP contribution in [0.25, 0.3) is 6.08 Å². The highest BCUT2D eigenvalue weighted by Crippen LogP contribution is 2.17. The molecule has 2 aromatic carbocycles. The number of carbonyl (C=O) groups excluding carboxylic acids is 1. The fourth-order valence-electron chi connectivity index (χ4n) is 2.41. The molecule has 4 nitrogen and oxygen atoms in total. The molecule has 5 heteroatoms. The molecule has 0 unspecified atom stereocenters. The van der Waals surface area contributed by atoms with Crippen LogP contribution in [0.4, 0.5) is 0 Å². The molecule has 1 heterocycles. The van der Waals surface area contributed by atoms with Gasteiger partial charge < -0.3 is 10.1 Å². The number of hydrogen-bond acceptors (Lipinski definition) is 3. The Hall–Kier alpha value is -2.59. The summed E-state index contributed by atoms with van der Waals surface area (Å²) < 4.78 is 5.12. The predicted octanol–water partition coefficient (Wildman–Crippen LogP) is 3.85. The van der Waals surface area contributed by atoms with E-state index in [4.69, 9.17) is 16.3 Å². The number of amidine groups is 1. The van der Waals surface area contributed by atoms with Crippen molar-refractivity contribution in [3.63, 3.8) is 0 Å². The van der Waals surface area contributed by atoms with Crippen LogP contribution in [-0.4, -0.2) is 18.9 Å². The lowest BCUT2D eigenvalue weighted by atomic mass is 10.1. The summed E-state index contributed by atoms with van der Waals surface area (Å²) in [6, 6.07) is 15.2. The number of benzene rings is 2. The largest absolute Gasteiger partial charge is 0.497 e. The maximum atomic E-state index is 12.0. The van der Waals surface area contributed by atoms with Gasteiger partial charge in [-0.2, -0.15) is 0 Å². The first-order valence-corrected chi connectivity index (χ1v) is 8.01. The zero-order chi connectivity index (χ0) is 16.9. The van der Waals surface area contributed by atoms with Crippen LogP contribution in [0, 0.1) is 0 Å². The van der Waals surface area contributed by atoms with Gasteiger partial charge >= 0.3 is 0 Å². The molecule has 1 N–H and O–H groups in total. The van der Waals surface area contributed by atoms with E-state index in [0.29, 0.717) is 18.0 Å². The number of methoxy groups -OCH3 is 1. The Bertz CT molecular complexity index is 793. The Balaban J connectivity index is 1.67. The van der Waals surface area contributed by atoms with Crippen molar-refractivity contribution in [1.82, 2.24) is 5.32 Å². The molecule has 0 radical (unpaired) electrons. The van der Waals surface area contributed by atoms with Crippen molar-refractivity contribution in [1.29, 1.82) is 0 Å². The summed E-state index contributed by atoms with van der Waals surface area (Å²) in [6.45, 7) is 0. The number of aryl methyl sites for hydroxylation is 1. The van der Waals surface area contributed by atoms with Gasteiger partial charge in [0.05, 0.1) is 7.11 Å². The number of rotatable bonds is 5. The van der Waals surface area contributed by atoms with E-state index in [2.05, 4.69) is 10.3 Å². The van der Waals surface area contributed by atoms with Gasteiger partial charge in [0.1, 0.15) is 17.3 Å². The summed E-state index contributed by atoms with van der Waals surface area (Å²) in [6.07, 6.45) is 3.24. The quantitative estimate of drug-likeness (QED) is 0.840. The summed E-state index contributed by atoms with van der Waals surface area (Å²) in [4.78, 5) is 16.4. The molecule has 0 saturated carbocycles. The predicted molar refractivity (Wildman–Crippen MR) is 96.3 cm³/mol.